The lowest BCUT2D eigenvalue weighted by atomic mass is 10.1. The fourth-order valence-electron chi connectivity index (χ4n) is 2.67. The third kappa shape index (κ3) is 4.67. The van der Waals surface area contributed by atoms with Crippen molar-refractivity contribution in [1.82, 2.24) is 9.97 Å². The van der Waals surface area contributed by atoms with Gasteiger partial charge < -0.3 is 10.1 Å². The first-order valence-electron chi connectivity index (χ1n) is 8.53. The van der Waals surface area contributed by atoms with Crippen LogP contribution in [0.5, 0.6) is 5.88 Å². The molecule has 0 bridgehead atoms. The molecule has 6 heteroatoms. The Morgan fingerprint density at radius 3 is 2.37 bits per heavy atom. The van der Waals surface area contributed by atoms with E-state index in [0.717, 1.165) is 16.8 Å². The van der Waals surface area contributed by atoms with Gasteiger partial charge in [-0.25, -0.2) is 9.37 Å². The predicted octanol–water partition coefficient (Wildman–Crippen LogP) is 4.23. The molecule has 3 rings (SSSR count). The fourth-order valence-corrected chi connectivity index (χ4v) is 2.67. The highest BCUT2D eigenvalue weighted by Crippen LogP contribution is 2.21. The molecule has 0 saturated heterocycles. The molecule has 0 saturated carbocycles. The highest BCUT2D eigenvalue weighted by Gasteiger charge is 2.10. The van der Waals surface area contributed by atoms with E-state index < -0.39 is 0 Å². The first kappa shape index (κ1) is 18.5. The van der Waals surface area contributed by atoms with Crippen molar-refractivity contribution in [3.05, 3.63) is 71.2 Å². The van der Waals surface area contributed by atoms with E-state index in [2.05, 4.69) is 15.3 Å². The molecule has 0 aliphatic carbocycles. The maximum atomic E-state index is 13.1. The van der Waals surface area contributed by atoms with Crippen molar-refractivity contribution >= 4 is 11.6 Å². The molecule has 27 heavy (non-hydrogen) atoms. The van der Waals surface area contributed by atoms with Crippen LogP contribution in [0.1, 0.15) is 16.8 Å². The molecule has 3 aromatic rings. The lowest BCUT2D eigenvalue weighted by Gasteiger charge is -2.12. The molecule has 1 aromatic heterocycles. The maximum Gasteiger partial charge on any atom is 0.262 e. The molecule has 1 heterocycles. The van der Waals surface area contributed by atoms with E-state index >= 15 is 0 Å². The van der Waals surface area contributed by atoms with Gasteiger partial charge in [0.2, 0.25) is 5.88 Å². The molecule has 0 aliphatic rings. The van der Waals surface area contributed by atoms with Crippen LogP contribution >= 0.6 is 0 Å². The summed E-state index contributed by atoms with van der Waals surface area (Å²) in [4.78, 5) is 20.9. The standard InChI is InChI=1S/C21H20FN3O2/c1-13-5-4-6-14(2)20(13)24-18(26)12-27-19-11-15(3)23-21(25-19)16-7-9-17(22)10-8-16/h4-11H,12H2,1-3H3,(H,24,26). The molecule has 2 aromatic carbocycles. The van der Waals surface area contributed by atoms with Crippen LogP contribution in [-0.2, 0) is 4.79 Å². The third-order valence-corrected chi connectivity index (χ3v) is 4.03. The van der Waals surface area contributed by atoms with Gasteiger partial charge in [0, 0.05) is 23.0 Å². The average Bonchev–Trinajstić information content (AvgIpc) is 2.63. The van der Waals surface area contributed by atoms with Gasteiger partial charge in [-0.1, -0.05) is 18.2 Å². The van der Waals surface area contributed by atoms with Crippen LogP contribution in [0.3, 0.4) is 0 Å². The molecule has 0 spiro atoms. The molecule has 0 aliphatic heterocycles. The number of carbonyl (C=O) groups is 1. The van der Waals surface area contributed by atoms with E-state index in [0.29, 0.717) is 23.0 Å². The van der Waals surface area contributed by atoms with Crippen molar-refractivity contribution < 1.29 is 13.9 Å². The summed E-state index contributed by atoms with van der Waals surface area (Å²) in [7, 11) is 0. The number of hydrogen-bond donors (Lipinski definition) is 1. The summed E-state index contributed by atoms with van der Waals surface area (Å²) in [6, 6.07) is 13.4. The van der Waals surface area contributed by atoms with Crippen LogP contribution in [0, 0.1) is 26.6 Å². The van der Waals surface area contributed by atoms with Gasteiger partial charge in [0.25, 0.3) is 5.91 Å². The number of hydrogen-bond acceptors (Lipinski definition) is 4. The van der Waals surface area contributed by atoms with Crippen LogP contribution < -0.4 is 10.1 Å². The average molecular weight is 365 g/mol. The molecule has 1 N–H and O–H groups in total. The van der Waals surface area contributed by atoms with E-state index in [1.54, 1.807) is 25.1 Å². The number of amides is 1. The smallest absolute Gasteiger partial charge is 0.262 e. The van der Waals surface area contributed by atoms with E-state index in [1.165, 1.54) is 12.1 Å². The zero-order chi connectivity index (χ0) is 19.4. The van der Waals surface area contributed by atoms with Gasteiger partial charge in [-0.3, -0.25) is 4.79 Å². The molecule has 0 radical (unpaired) electrons. The Labute approximate surface area is 157 Å². The van der Waals surface area contributed by atoms with Gasteiger partial charge in [0.05, 0.1) is 0 Å². The molecule has 0 unspecified atom stereocenters. The van der Waals surface area contributed by atoms with Gasteiger partial charge in [0.15, 0.2) is 12.4 Å². The molecule has 5 nitrogen and oxygen atoms in total. The van der Waals surface area contributed by atoms with Gasteiger partial charge >= 0.3 is 0 Å². The zero-order valence-corrected chi connectivity index (χ0v) is 15.4. The van der Waals surface area contributed by atoms with Crippen molar-refractivity contribution in [1.29, 1.82) is 0 Å². The molecule has 138 valence electrons. The Balaban J connectivity index is 1.70. The van der Waals surface area contributed by atoms with Crippen LogP contribution in [0.4, 0.5) is 10.1 Å². The number of aromatic nitrogens is 2. The summed E-state index contributed by atoms with van der Waals surface area (Å²) >= 11 is 0. The van der Waals surface area contributed by atoms with Crippen LogP contribution in [-0.4, -0.2) is 22.5 Å². The highest BCUT2D eigenvalue weighted by molar-refractivity contribution is 5.93. The van der Waals surface area contributed by atoms with Crippen LogP contribution in [0.2, 0.25) is 0 Å². The number of rotatable bonds is 5. The van der Waals surface area contributed by atoms with Gasteiger partial charge in [-0.15, -0.1) is 0 Å². The SMILES string of the molecule is Cc1cc(OCC(=O)Nc2c(C)cccc2C)nc(-c2ccc(F)cc2)n1. The Hall–Kier alpha value is -3.28. The maximum absolute atomic E-state index is 13.1. The Morgan fingerprint density at radius 2 is 1.70 bits per heavy atom. The summed E-state index contributed by atoms with van der Waals surface area (Å²) in [5.41, 5.74) is 4.12. The number of carbonyl (C=O) groups excluding carboxylic acids is 1. The Morgan fingerprint density at radius 1 is 1.04 bits per heavy atom. The zero-order valence-electron chi connectivity index (χ0n) is 15.4. The molecule has 0 fully saturated rings. The first-order valence-corrected chi connectivity index (χ1v) is 8.53. The van der Waals surface area contributed by atoms with Gasteiger partial charge in [-0.05, 0) is 56.2 Å². The molecule has 1 amide bonds. The number of nitrogens with zero attached hydrogens (tertiary/aromatic N) is 2. The van der Waals surface area contributed by atoms with E-state index in [4.69, 9.17) is 4.74 Å². The second-order valence-corrected chi connectivity index (χ2v) is 6.28. The minimum Gasteiger partial charge on any atom is -0.467 e. The number of anilines is 1. The van der Waals surface area contributed by atoms with Gasteiger partial charge in [-0.2, -0.15) is 4.98 Å². The Bertz CT molecular complexity index is 951. The summed E-state index contributed by atoms with van der Waals surface area (Å²) < 4.78 is 18.6. The normalized spacial score (nSPS) is 10.5. The van der Waals surface area contributed by atoms with E-state index in [9.17, 15) is 9.18 Å². The predicted molar refractivity (Wildman–Crippen MR) is 102 cm³/mol. The summed E-state index contributed by atoms with van der Waals surface area (Å²) in [5, 5.41) is 2.87. The van der Waals surface area contributed by atoms with Crippen molar-refractivity contribution in [3.8, 4) is 17.3 Å². The molecular weight excluding hydrogens is 345 g/mol. The Kier molecular flexibility index (Phi) is 5.45. The fraction of sp³-hybridized carbons (Fsp3) is 0.190. The number of nitrogens with one attached hydrogen (secondary N) is 1. The molecule has 0 atom stereocenters. The third-order valence-electron chi connectivity index (χ3n) is 4.03. The minimum absolute atomic E-state index is 0.174. The minimum atomic E-state index is -0.328. The second-order valence-electron chi connectivity index (χ2n) is 6.28. The monoisotopic (exact) mass is 365 g/mol. The van der Waals surface area contributed by atoms with Crippen molar-refractivity contribution in [2.24, 2.45) is 0 Å². The number of halogens is 1. The number of para-hydroxylation sites is 1. The quantitative estimate of drug-likeness (QED) is 0.735. The van der Waals surface area contributed by atoms with E-state index in [1.807, 2.05) is 32.0 Å². The van der Waals surface area contributed by atoms with E-state index in [-0.39, 0.29) is 18.3 Å². The second kappa shape index (κ2) is 7.95. The molecular formula is C21H20FN3O2. The topological polar surface area (TPSA) is 64.1 Å². The van der Waals surface area contributed by atoms with Gasteiger partial charge in [0.1, 0.15) is 5.82 Å². The van der Waals surface area contributed by atoms with Crippen molar-refractivity contribution in [2.75, 3.05) is 11.9 Å². The number of ether oxygens (including phenoxy) is 1. The van der Waals surface area contributed by atoms with Crippen LogP contribution in [0.15, 0.2) is 48.5 Å². The summed E-state index contributed by atoms with van der Waals surface area (Å²) in [5.74, 6) is 0.108. The van der Waals surface area contributed by atoms with Crippen molar-refractivity contribution in [3.63, 3.8) is 0 Å². The van der Waals surface area contributed by atoms with Crippen molar-refractivity contribution in [2.45, 2.75) is 20.8 Å². The van der Waals surface area contributed by atoms with Crippen LogP contribution in [0.25, 0.3) is 11.4 Å². The lowest BCUT2D eigenvalue weighted by molar-refractivity contribution is -0.118. The number of aryl methyl sites for hydroxylation is 3. The lowest BCUT2D eigenvalue weighted by Crippen LogP contribution is -2.21. The summed E-state index contributed by atoms with van der Waals surface area (Å²) in [6.45, 7) is 5.50. The first-order chi connectivity index (χ1) is 12.9. The largest absolute Gasteiger partial charge is 0.467 e. The number of benzene rings is 2. The highest BCUT2D eigenvalue weighted by atomic mass is 19.1. The summed E-state index contributed by atoms with van der Waals surface area (Å²) in [6.07, 6.45) is 0.